The van der Waals surface area contributed by atoms with Crippen LogP contribution in [0.15, 0.2) is 41.1 Å². The van der Waals surface area contributed by atoms with Crippen LogP contribution in [0.2, 0.25) is 0 Å². The maximum absolute atomic E-state index is 4.80. The van der Waals surface area contributed by atoms with Gasteiger partial charge in [-0.1, -0.05) is 17.3 Å². The van der Waals surface area contributed by atoms with Crippen LogP contribution in [0.5, 0.6) is 0 Å². The second-order valence-corrected chi connectivity index (χ2v) is 5.31. The van der Waals surface area contributed by atoms with Crippen molar-refractivity contribution in [2.45, 2.75) is 32.4 Å². The molecule has 1 aromatic carbocycles. The van der Waals surface area contributed by atoms with Gasteiger partial charge in [0.15, 0.2) is 0 Å². The smallest absolute Gasteiger partial charge is 0.124 e. The van der Waals surface area contributed by atoms with Gasteiger partial charge in [0, 0.05) is 37.9 Å². The van der Waals surface area contributed by atoms with Gasteiger partial charge in [0.25, 0.3) is 0 Å². The molecule has 1 aromatic heterocycles. The molecule has 0 radical (unpaired) electrons. The van der Waals surface area contributed by atoms with Crippen LogP contribution < -0.4 is 10.2 Å². The lowest BCUT2D eigenvalue weighted by atomic mass is 10.1. The van der Waals surface area contributed by atoms with Gasteiger partial charge >= 0.3 is 0 Å². The number of nitrogens with one attached hydrogen (secondary N) is 1. The molecule has 0 bridgehead atoms. The highest BCUT2D eigenvalue weighted by molar-refractivity contribution is 5.47. The van der Waals surface area contributed by atoms with Crippen LogP contribution in [0.25, 0.3) is 0 Å². The first kappa shape index (κ1) is 13.2. The van der Waals surface area contributed by atoms with E-state index in [0.717, 1.165) is 18.8 Å². The van der Waals surface area contributed by atoms with E-state index in [1.807, 2.05) is 6.07 Å². The van der Waals surface area contributed by atoms with Gasteiger partial charge < -0.3 is 14.7 Å². The van der Waals surface area contributed by atoms with E-state index in [0.29, 0.717) is 0 Å². The molecule has 0 amide bonds. The largest absolute Gasteiger partial charge is 0.372 e. The second-order valence-electron chi connectivity index (χ2n) is 5.31. The van der Waals surface area contributed by atoms with E-state index in [-0.39, 0.29) is 0 Å². The first-order valence-electron chi connectivity index (χ1n) is 7.36. The van der Waals surface area contributed by atoms with E-state index < -0.39 is 0 Å². The Kier molecular flexibility index (Phi) is 4.33. The number of rotatable bonds is 5. The average Bonchev–Trinajstić information content (AvgIpc) is 3.02. The predicted molar refractivity (Wildman–Crippen MR) is 79.6 cm³/mol. The van der Waals surface area contributed by atoms with Crippen molar-refractivity contribution in [2.75, 3.05) is 18.0 Å². The second kappa shape index (κ2) is 6.57. The molecule has 0 spiro atoms. The van der Waals surface area contributed by atoms with E-state index in [9.17, 15) is 0 Å². The fourth-order valence-corrected chi connectivity index (χ4v) is 2.64. The molecule has 1 N–H and O–H groups in total. The van der Waals surface area contributed by atoms with Gasteiger partial charge in [0.05, 0.1) is 5.69 Å². The zero-order valence-corrected chi connectivity index (χ0v) is 11.7. The summed E-state index contributed by atoms with van der Waals surface area (Å²) in [4.78, 5) is 2.48. The molecule has 1 fully saturated rings. The molecule has 3 rings (SSSR count). The van der Waals surface area contributed by atoms with Gasteiger partial charge in [-0.15, -0.1) is 0 Å². The summed E-state index contributed by atoms with van der Waals surface area (Å²) in [5.41, 5.74) is 3.59. The summed E-state index contributed by atoms with van der Waals surface area (Å²) in [7, 11) is 0. The molecule has 0 aliphatic carbocycles. The van der Waals surface area contributed by atoms with Gasteiger partial charge in [0.1, 0.15) is 6.26 Å². The lowest BCUT2D eigenvalue weighted by Crippen LogP contribution is -2.29. The molecule has 4 heteroatoms. The number of benzene rings is 1. The molecule has 0 atom stereocenters. The molecule has 2 aromatic rings. The van der Waals surface area contributed by atoms with Crippen molar-refractivity contribution in [2.24, 2.45) is 0 Å². The topological polar surface area (TPSA) is 41.3 Å². The number of nitrogens with zero attached hydrogens (tertiary/aromatic N) is 2. The summed E-state index contributed by atoms with van der Waals surface area (Å²) in [6.07, 6.45) is 5.62. The first-order valence-corrected chi connectivity index (χ1v) is 7.36. The summed E-state index contributed by atoms with van der Waals surface area (Å²) in [5.74, 6) is 0. The Morgan fingerprint density at radius 2 is 1.80 bits per heavy atom. The molecule has 4 nitrogen and oxygen atoms in total. The third-order valence-corrected chi connectivity index (χ3v) is 3.78. The van der Waals surface area contributed by atoms with Crippen LogP contribution in [0.4, 0.5) is 5.69 Å². The highest BCUT2D eigenvalue weighted by Crippen LogP contribution is 2.20. The van der Waals surface area contributed by atoms with E-state index in [2.05, 4.69) is 39.6 Å². The van der Waals surface area contributed by atoms with Crippen LogP contribution >= 0.6 is 0 Å². The van der Waals surface area contributed by atoms with Crippen LogP contribution in [0.3, 0.4) is 0 Å². The van der Waals surface area contributed by atoms with Gasteiger partial charge in [-0.2, -0.15) is 0 Å². The molecule has 106 valence electrons. The molecule has 20 heavy (non-hydrogen) atoms. The molecule has 0 saturated carbocycles. The van der Waals surface area contributed by atoms with Crippen molar-refractivity contribution in [1.29, 1.82) is 0 Å². The number of hydrogen-bond donors (Lipinski definition) is 1. The highest BCUT2D eigenvalue weighted by atomic mass is 16.5. The van der Waals surface area contributed by atoms with Gasteiger partial charge in [-0.25, -0.2) is 0 Å². The normalized spacial score (nSPS) is 15.5. The molecule has 2 heterocycles. The van der Waals surface area contributed by atoms with E-state index >= 15 is 0 Å². The molecular weight excluding hydrogens is 250 g/mol. The lowest BCUT2D eigenvalue weighted by Gasteiger charge is -2.28. The van der Waals surface area contributed by atoms with E-state index in [1.54, 1.807) is 6.26 Å². The minimum atomic E-state index is 0.740. The lowest BCUT2D eigenvalue weighted by molar-refractivity contribution is 0.408. The van der Waals surface area contributed by atoms with Crippen molar-refractivity contribution in [3.8, 4) is 0 Å². The van der Waals surface area contributed by atoms with Crippen molar-refractivity contribution in [1.82, 2.24) is 10.5 Å². The Morgan fingerprint density at radius 3 is 2.50 bits per heavy atom. The number of piperidine rings is 1. The van der Waals surface area contributed by atoms with Crippen LogP contribution in [-0.2, 0) is 13.1 Å². The molecule has 1 saturated heterocycles. The third-order valence-electron chi connectivity index (χ3n) is 3.78. The summed E-state index contributed by atoms with van der Waals surface area (Å²) in [6.45, 7) is 3.99. The van der Waals surface area contributed by atoms with Gasteiger partial charge in [-0.3, -0.25) is 0 Å². The van der Waals surface area contributed by atoms with E-state index in [1.165, 1.54) is 43.6 Å². The average molecular weight is 271 g/mol. The fraction of sp³-hybridized carbons (Fsp3) is 0.438. The Bertz CT molecular complexity index is 501. The Morgan fingerprint density at radius 1 is 1.00 bits per heavy atom. The Balaban J connectivity index is 1.50. The molecule has 0 unspecified atom stereocenters. The monoisotopic (exact) mass is 271 g/mol. The molecular formula is C16H21N3O. The summed E-state index contributed by atoms with van der Waals surface area (Å²) < 4.78 is 4.80. The molecule has 1 aliphatic rings. The first-order chi connectivity index (χ1) is 9.92. The third kappa shape index (κ3) is 3.39. The number of anilines is 1. The SMILES string of the molecule is c1cc(CNCc2ccc(N3CCCCC3)cc2)no1. The summed E-state index contributed by atoms with van der Waals surface area (Å²) in [5, 5.41) is 7.25. The zero-order chi connectivity index (χ0) is 13.6. The summed E-state index contributed by atoms with van der Waals surface area (Å²) in [6, 6.07) is 10.8. The van der Waals surface area contributed by atoms with Crippen molar-refractivity contribution < 1.29 is 4.52 Å². The van der Waals surface area contributed by atoms with Crippen molar-refractivity contribution >= 4 is 5.69 Å². The van der Waals surface area contributed by atoms with E-state index in [4.69, 9.17) is 4.52 Å². The predicted octanol–water partition coefficient (Wildman–Crippen LogP) is 2.95. The van der Waals surface area contributed by atoms with Crippen LogP contribution in [0, 0.1) is 0 Å². The minimum absolute atomic E-state index is 0.740. The maximum atomic E-state index is 4.80. The van der Waals surface area contributed by atoms with Gasteiger partial charge in [0.2, 0.25) is 0 Å². The standard InChI is InChI=1S/C16H21N3O/c1-2-9-19(10-3-1)16-6-4-14(5-7-16)12-17-13-15-8-11-20-18-15/h4-8,11,17H,1-3,9-10,12-13H2. The van der Waals surface area contributed by atoms with Gasteiger partial charge in [-0.05, 0) is 37.0 Å². The number of hydrogen-bond acceptors (Lipinski definition) is 4. The number of aromatic nitrogens is 1. The zero-order valence-electron chi connectivity index (χ0n) is 11.7. The quantitative estimate of drug-likeness (QED) is 0.907. The minimum Gasteiger partial charge on any atom is -0.372 e. The summed E-state index contributed by atoms with van der Waals surface area (Å²) >= 11 is 0. The highest BCUT2D eigenvalue weighted by Gasteiger charge is 2.10. The Labute approximate surface area is 119 Å². The fourth-order valence-electron chi connectivity index (χ4n) is 2.64. The van der Waals surface area contributed by atoms with Crippen LogP contribution in [0.1, 0.15) is 30.5 Å². The molecule has 1 aliphatic heterocycles. The van der Waals surface area contributed by atoms with Crippen LogP contribution in [-0.4, -0.2) is 18.2 Å². The van der Waals surface area contributed by atoms with Crippen molar-refractivity contribution in [3.05, 3.63) is 47.9 Å². The Hall–Kier alpha value is -1.81. The maximum Gasteiger partial charge on any atom is 0.124 e. The van der Waals surface area contributed by atoms with Crippen molar-refractivity contribution in [3.63, 3.8) is 0 Å².